The molecular weight excluding hydrogens is 366 g/mol. The quantitative estimate of drug-likeness (QED) is 0.735. The van der Waals surface area contributed by atoms with Crippen LogP contribution in [0.3, 0.4) is 0 Å². The Bertz CT molecular complexity index is 770. The van der Waals surface area contributed by atoms with Crippen molar-refractivity contribution in [2.75, 3.05) is 18.5 Å². The monoisotopic (exact) mass is 387 g/mol. The zero-order valence-electron chi connectivity index (χ0n) is 15.0. The van der Waals surface area contributed by atoms with Gasteiger partial charge >= 0.3 is 12.2 Å². The van der Waals surface area contributed by atoms with Crippen LogP contribution in [-0.2, 0) is 20.9 Å². The van der Waals surface area contributed by atoms with E-state index in [1.165, 1.54) is 6.20 Å². The van der Waals surface area contributed by atoms with Gasteiger partial charge in [0.1, 0.15) is 13.2 Å². The van der Waals surface area contributed by atoms with Gasteiger partial charge in [0.2, 0.25) is 0 Å². The fraction of sp³-hybridized carbons (Fsp3) is 0.263. The van der Waals surface area contributed by atoms with Gasteiger partial charge in [0.05, 0.1) is 24.5 Å². The van der Waals surface area contributed by atoms with E-state index in [2.05, 4.69) is 15.6 Å². The first-order valence-electron chi connectivity index (χ1n) is 8.49. The Morgan fingerprint density at radius 3 is 2.64 bits per heavy atom. The number of nitrogens with zero attached hydrogens (tertiary/aromatic N) is 1. The molecule has 1 fully saturated rings. The van der Waals surface area contributed by atoms with Crippen molar-refractivity contribution in [3.05, 3.63) is 60.4 Å². The second kappa shape index (κ2) is 11.3. The predicted octanol–water partition coefficient (Wildman–Crippen LogP) is 2.44. The number of rotatable bonds is 4. The lowest BCUT2D eigenvalue weighted by molar-refractivity contribution is -0.128. The second-order valence-electron chi connectivity index (χ2n) is 5.83. The summed E-state index contributed by atoms with van der Waals surface area (Å²) in [6.07, 6.45) is 1.72. The number of ether oxygens (including phenoxy) is 2. The number of ketones is 1. The normalized spacial score (nSPS) is 15.6. The van der Waals surface area contributed by atoms with Crippen LogP contribution in [0.1, 0.15) is 12.0 Å². The minimum absolute atomic E-state index is 0.00499. The lowest BCUT2D eigenvalue weighted by Crippen LogP contribution is -2.43. The largest absolute Gasteiger partial charge is 0.465 e. The number of carbonyl (C=O) groups excluding carboxylic acids is 2. The Labute approximate surface area is 161 Å². The van der Waals surface area contributed by atoms with E-state index in [1.807, 2.05) is 30.3 Å². The fourth-order valence-electron chi connectivity index (χ4n) is 2.29. The Morgan fingerprint density at radius 2 is 2.00 bits per heavy atom. The van der Waals surface area contributed by atoms with Crippen LogP contribution >= 0.6 is 0 Å². The molecular formula is C19H21N3O6. The molecule has 0 spiro atoms. The average molecular weight is 387 g/mol. The van der Waals surface area contributed by atoms with E-state index >= 15 is 0 Å². The molecule has 2 amide bonds. The summed E-state index contributed by atoms with van der Waals surface area (Å²) in [4.78, 5) is 36.3. The number of nitrogens with one attached hydrogen (secondary N) is 2. The van der Waals surface area contributed by atoms with Gasteiger partial charge in [0.15, 0.2) is 5.78 Å². The molecule has 2 heterocycles. The Morgan fingerprint density at radius 1 is 1.21 bits per heavy atom. The molecule has 2 aromatic rings. The summed E-state index contributed by atoms with van der Waals surface area (Å²) in [5, 5.41) is 13.0. The second-order valence-corrected chi connectivity index (χ2v) is 5.83. The minimum atomic E-state index is -1.08. The Kier molecular flexibility index (Phi) is 8.41. The van der Waals surface area contributed by atoms with Gasteiger partial charge in [-0.3, -0.25) is 15.1 Å². The highest BCUT2D eigenvalue weighted by Gasteiger charge is 2.22. The van der Waals surface area contributed by atoms with Crippen LogP contribution in [0.4, 0.5) is 15.3 Å². The summed E-state index contributed by atoms with van der Waals surface area (Å²) in [5.74, 6) is -0.00499. The van der Waals surface area contributed by atoms with E-state index in [9.17, 15) is 14.4 Å². The van der Waals surface area contributed by atoms with Gasteiger partial charge in [-0.15, -0.1) is 0 Å². The van der Waals surface area contributed by atoms with Gasteiger partial charge in [-0.1, -0.05) is 30.3 Å². The molecule has 3 N–H and O–H groups in total. The highest BCUT2D eigenvalue weighted by Crippen LogP contribution is 2.05. The first-order chi connectivity index (χ1) is 13.5. The molecule has 1 aliphatic heterocycles. The smallest absolute Gasteiger partial charge is 0.409 e. The number of hydrogen-bond donors (Lipinski definition) is 3. The van der Waals surface area contributed by atoms with Crippen LogP contribution in [0.5, 0.6) is 0 Å². The minimum Gasteiger partial charge on any atom is -0.465 e. The number of Topliss-reactive ketones (excluding diaryl/α,β-unsaturated/α-hetero) is 1. The molecule has 0 bridgehead atoms. The molecule has 1 unspecified atom stereocenters. The van der Waals surface area contributed by atoms with Gasteiger partial charge in [0.25, 0.3) is 0 Å². The van der Waals surface area contributed by atoms with Crippen molar-refractivity contribution in [1.29, 1.82) is 0 Å². The number of amides is 2. The average Bonchev–Trinajstić information content (AvgIpc) is 2.68. The molecule has 9 nitrogen and oxygen atoms in total. The van der Waals surface area contributed by atoms with Gasteiger partial charge in [-0.05, 0) is 17.7 Å². The summed E-state index contributed by atoms with van der Waals surface area (Å²) < 4.78 is 10.1. The zero-order valence-corrected chi connectivity index (χ0v) is 15.0. The molecule has 1 aromatic carbocycles. The van der Waals surface area contributed by atoms with Crippen molar-refractivity contribution in [2.45, 2.75) is 19.1 Å². The van der Waals surface area contributed by atoms with E-state index < -0.39 is 12.2 Å². The maximum absolute atomic E-state index is 11.5. The van der Waals surface area contributed by atoms with E-state index in [0.717, 1.165) is 5.56 Å². The highest BCUT2D eigenvalue weighted by atomic mass is 16.5. The van der Waals surface area contributed by atoms with Crippen LogP contribution in [0, 0.1) is 0 Å². The van der Waals surface area contributed by atoms with Crippen LogP contribution in [0.2, 0.25) is 0 Å². The number of hydrogen-bond acceptors (Lipinski definition) is 6. The molecule has 28 heavy (non-hydrogen) atoms. The van der Waals surface area contributed by atoms with Crippen LogP contribution in [0.15, 0.2) is 54.9 Å². The van der Waals surface area contributed by atoms with Crippen molar-refractivity contribution in [3.63, 3.8) is 0 Å². The predicted molar refractivity (Wildman–Crippen MR) is 99.9 cm³/mol. The van der Waals surface area contributed by atoms with Gasteiger partial charge in [0, 0.05) is 12.6 Å². The number of anilines is 1. The third-order valence-electron chi connectivity index (χ3n) is 3.50. The molecule has 0 radical (unpaired) electrons. The van der Waals surface area contributed by atoms with E-state index in [-0.39, 0.29) is 25.0 Å². The topological polar surface area (TPSA) is 127 Å². The molecule has 0 aliphatic carbocycles. The van der Waals surface area contributed by atoms with Crippen LogP contribution < -0.4 is 10.6 Å². The van der Waals surface area contributed by atoms with Gasteiger partial charge < -0.3 is 19.9 Å². The third kappa shape index (κ3) is 8.28. The number of pyridine rings is 1. The molecule has 3 rings (SSSR count). The standard InChI is InChI=1S/C13H15NO4.C6H6N2O2/c15-12-6-11(8-17-9-12)14-13(16)18-7-10-4-2-1-3-5-10;9-6(10)8-5-2-1-3-7-4-5/h1-5,11H,6-9H2,(H,14,16);1-4,8H,(H,9,10). The van der Waals surface area contributed by atoms with Crippen molar-refractivity contribution < 1.29 is 29.0 Å². The van der Waals surface area contributed by atoms with Gasteiger partial charge in [-0.25, -0.2) is 9.59 Å². The number of alkyl carbamates (subject to hydrolysis) is 1. The summed E-state index contributed by atoms with van der Waals surface area (Å²) in [7, 11) is 0. The summed E-state index contributed by atoms with van der Waals surface area (Å²) in [6.45, 7) is 0.706. The molecule has 9 heteroatoms. The molecule has 148 valence electrons. The van der Waals surface area contributed by atoms with Gasteiger partial charge in [-0.2, -0.15) is 0 Å². The lowest BCUT2D eigenvalue weighted by Gasteiger charge is -2.21. The fourth-order valence-corrected chi connectivity index (χ4v) is 2.29. The first kappa shape index (κ1) is 20.8. The molecule has 1 aromatic heterocycles. The van der Waals surface area contributed by atoms with Crippen molar-refractivity contribution in [2.24, 2.45) is 0 Å². The number of benzene rings is 1. The maximum atomic E-state index is 11.5. The number of carbonyl (C=O) groups is 3. The molecule has 1 saturated heterocycles. The van der Waals surface area contributed by atoms with E-state index in [0.29, 0.717) is 18.7 Å². The molecule has 1 aliphatic rings. The van der Waals surface area contributed by atoms with Crippen LogP contribution in [-0.4, -0.2) is 47.3 Å². The SMILES string of the molecule is O=C(O)Nc1cccnc1.O=C1COCC(NC(=O)OCc2ccccc2)C1. The lowest BCUT2D eigenvalue weighted by atomic mass is 10.1. The summed E-state index contributed by atoms with van der Waals surface area (Å²) in [5.41, 5.74) is 1.40. The summed E-state index contributed by atoms with van der Waals surface area (Å²) in [6, 6.07) is 12.4. The zero-order chi connectivity index (χ0) is 20.2. The molecule has 0 saturated carbocycles. The van der Waals surface area contributed by atoms with E-state index in [1.54, 1.807) is 18.3 Å². The molecule has 1 atom stereocenters. The Hall–Kier alpha value is -3.46. The van der Waals surface area contributed by atoms with Crippen molar-refractivity contribution in [1.82, 2.24) is 10.3 Å². The maximum Gasteiger partial charge on any atom is 0.409 e. The number of aromatic nitrogens is 1. The van der Waals surface area contributed by atoms with Crippen molar-refractivity contribution >= 4 is 23.7 Å². The van der Waals surface area contributed by atoms with Crippen molar-refractivity contribution in [3.8, 4) is 0 Å². The summed E-state index contributed by atoms with van der Waals surface area (Å²) >= 11 is 0. The van der Waals surface area contributed by atoms with Crippen LogP contribution in [0.25, 0.3) is 0 Å². The highest BCUT2D eigenvalue weighted by molar-refractivity contribution is 5.82. The Balaban J connectivity index is 0.000000237. The third-order valence-corrected chi connectivity index (χ3v) is 3.50. The van der Waals surface area contributed by atoms with E-state index in [4.69, 9.17) is 14.6 Å². The number of carboxylic acid groups (broad SMARTS) is 1. The first-order valence-corrected chi connectivity index (χ1v) is 8.49.